The van der Waals surface area contributed by atoms with E-state index >= 15 is 0 Å². The Balaban J connectivity index is 0.00000242. The van der Waals surface area contributed by atoms with Crippen LogP contribution >= 0.6 is 23.7 Å². The van der Waals surface area contributed by atoms with Gasteiger partial charge in [-0.05, 0) is 31.6 Å². The van der Waals surface area contributed by atoms with E-state index in [1.807, 2.05) is 43.4 Å². The van der Waals surface area contributed by atoms with Gasteiger partial charge in [0.15, 0.2) is 0 Å². The van der Waals surface area contributed by atoms with Gasteiger partial charge in [-0.15, -0.1) is 23.7 Å². The van der Waals surface area contributed by atoms with E-state index < -0.39 is 0 Å². The fourth-order valence-electron chi connectivity index (χ4n) is 1.98. The molecule has 0 aliphatic heterocycles. The predicted octanol–water partition coefficient (Wildman–Crippen LogP) is 3.18. The zero-order valence-corrected chi connectivity index (χ0v) is 14.4. The van der Waals surface area contributed by atoms with E-state index in [1.54, 1.807) is 7.11 Å². The number of hydrogen-bond donors (Lipinski definition) is 2. The van der Waals surface area contributed by atoms with Crippen LogP contribution < -0.4 is 15.4 Å². The first kappa shape index (κ1) is 18.5. The Labute approximate surface area is 141 Å². The third kappa shape index (κ3) is 4.73. The second kappa shape index (κ2) is 9.46. The molecule has 1 amide bonds. The lowest BCUT2D eigenvalue weighted by Gasteiger charge is -2.04. The quantitative estimate of drug-likeness (QED) is 0.761. The zero-order chi connectivity index (χ0) is 15.1. The molecule has 2 N–H and O–H groups in total. The van der Waals surface area contributed by atoms with Crippen LogP contribution in [0.4, 0.5) is 0 Å². The number of ether oxygens (including phenoxy) is 1. The fraction of sp³-hybridized carbons (Fsp3) is 0.312. The van der Waals surface area contributed by atoms with Crippen molar-refractivity contribution in [3.8, 4) is 16.2 Å². The molecule has 0 atom stereocenters. The third-order valence-electron chi connectivity index (χ3n) is 3.07. The molecule has 0 saturated carbocycles. The van der Waals surface area contributed by atoms with Crippen molar-refractivity contribution in [2.24, 2.45) is 0 Å². The number of nitrogens with one attached hydrogen (secondary N) is 2. The van der Waals surface area contributed by atoms with Gasteiger partial charge in [-0.2, -0.15) is 0 Å². The molecule has 2 rings (SSSR count). The van der Waals surface area contributed by atoms with E-state index in [9.17, 15) is 4.79 Å². The van der Waals surface area contributed by atoms with E-state index in [1.165, 1.54) is 11.3 Å². The molecule has 6 heteroatoms. The molecule has 0 saturated heterocycles. The number of thiophene rings is 1. The summed E-state index contributed by atoms with van der Waals surface area (Å²) in [4.78, 5) is 13.9. The molecular weight excluding hydrogens is 320 g/mol. The van der Waals surface area contributed by atoms with Crippen LogP contribution in [0.1, 0.15) is 16.1 Å². The van der Waals surface area contributed by atoms with Gasteiger partial charge in [-0.25, -0.2) is 0 Å². The van der Waals surface area contributed by atoms with Gasteiger partial charge in [0.25, 0.3) is 5.91 Å². The lowest BCUT2D eigenvalue weighted by atomic mass is 10.2. The van der Waals surface area contributed by atoms with Gasteiger partial charge in [0.2, 0.25) is 0 Å². The molecule has 0 unspecified atom stereocenters. The monoisotopic (exact) mass is 340 g/mol. The number of carbonyl (C=O) groups is 1. The van der Waals surface area contributed by atoms with Crippen molar-refractivity contribution in [3.05, 3.63) is 41.3 Å². The number of carbonyl (C=O) groups excluding carboxylic acids is 1. The number of rotatable bonds is 7. The van der Waals surface area contributed by atoms with Crippen LogP contribution in [0.2, 0.25) is 0 Å². The van der Waals surface area contributed by atoms with E-state index in [0.717, 1.165) is 23.4 Å². The topological polar surface area (TPSA) is 50.4 Å². The maximum Gasteiger partial charge on any atom is 0.265 e. The van der Waals surface area contributed by atoms with Crippen molar-refractivity contribution in [2.45, 2.75) is 6.42 Å². The Morgan fingerprint density at radius 1 is 1.23 bits per heavy atom. The SMILES string of the molecule is CNCCCNC(=O)c1sc(-c2ccccc2)cc1OC.Cl. The maximum absolute atomic E-state index is 12.2. The summed E-state index contributed by atoms with van der Waals surface area (Å²) in [6.07, 6.45) is 0.904. The first-order valence-corrected chi connectivity index (χ1v) is 7.74. The number of methoxy groups -OCH3 is 1. The van der Waals surface area contributed by atoms with Crippen LogP contribution in [0.25, 0.3) is 10.4 Å². The lowest BCUT2D eigenvalue weighted by Crippen LogP contribution is -2.26. The van der Waals surface area contributed by atoms with Crippen LogP contribution in [-0.2, 0) is 0 Å². The van der Waals surface area contributed by atoms with E-state index in [4.69, 9.17) is 4.74 Å². The van der Waals surface area contributed by atoms with E-state index in [2.05, 4.69) is 10.6 Å². The smallest absolute Gasteiger partial charge is 0.265 e. The maximum atomic E-state index is 12.2. The van der Waals surface area contributed by atoms with Gasteiger partial charge >= 0.3 is 0 Å². The van der Waals surface area contributed by atoms with Crippen molar-refractivity contribution in [1.29, 1.82) is 0 Å². The number of amides is 1. The molecule has 0 aliphatic rings. The molecule has 120 valence electrons. The summed E-state index contributed by atoms with van der Waals surface area (Å²) in [6.45, 7) is 1.54. The average molecular weight is 341 g/mol. The lowest BCUT2D eigenvalue weighted by molar-refractivity contribution is 0.0954. The minimum Gasteiger partial charge on any atom is -0.495 e. The largest absolute Gasteiger partial charge is 0.495 e. The normalized spacial score (nSPS) is 9.91. The molecule has 4 nitrogen and oxygen atoms in total. The molecule has 22 heavy (non-hydrogen) atoms. The molecule has 0 spiro atoms. The molecule has 0 aliphatic carbocycles. The van der Waals surface area contributed by atoms with Gasteiger partial charge in [0.05, 0.1) is 7.11 Å². The minimum atomic E-state index is -0.0739. The highest BCUT2D eigenvalue weighted by Gasteiger charge is 2.17. The molecular formula is C16H21ClN2O2S. The zero-order valence-electron chi connectivity index (χ0n) is 12.7. The van der Waals surface area contributed by atoms with Gasteiger partial charge in [0.1, 0.15) is 10.6 Å². The van der Waals surface area contributed by atoms with E-state index in [0.29, 0.717) is 17.2 Å². The fourth-order valence-corrected chi connectivity index (χ4v) is 3.02. The van der Waals surface area contributed by atoms with E-state index in [-0.39, 0.29) is 18.3 Å². The average Bonchev–Trinajstić information content (AvgIpc) is 2.96. The van der Waals surface area contributed by atoms with Crippen LogP contribution in [0.5, 0.6) is 5.75 Å². The minimum absolute atomic E-state index is 0. The molecule has 0 bridgehead atoms. The predicted molar refractivity (Wildman–Crippen MR) is 94.4 cm³/mol. The summed E-state index contributed by atoms with van der Waals surface area (Å²) in [6, 6.07) is 11.9. The van der Waals surface area contributed by atoms with Crippen LogP contribution in [-0.4, -0.2) is 33.2 Å². The Morgan fingerprint density at radius 3 is 2.59 bits per heavy atom. The van der Waals surface area contributed by atoms with Crippen molar-refractivity contribution in [3.63, 3.8) is 0 Å². The van der Waals surface area contributed by atoms with Gasteiger partial charge in [0, 0.05) is 11.4 Å². The van der Waals surface area contributed by atoms with Crippen LogP contribution in [0, 0.1) is 0 Å². The highest BCUT2D eigenvalue weighted by atomic mass is 35.5. The molecule has 1 aromatic heterocycles. The summed E-state index contributed by atoms with van der Waals surface area (Å²) in [5.74, 6) is 0.556. The first-order chi connectivity index (χ1) is 10.3. The second-order valence-electron chi connectivity index (χ2n) is 4.59. The van der Waals surface area contributed by atoms with Gasteiger partial charge < -0.3 is 15.4 Å². The Kier molecular flexibility index (Phi) is 7.95. The summed E-state index contributed by atoms with van der Waals surface area (Å²) in [5, 5.41) is 5.98. The summed E-state index contributed by atoms with van der Waals surface area (Å²) < 4.78 is 5.33. The van der Waals surface area contributed by atoms with Crippen LogP contribution in [0.15, 0.2) is 36.4 Å². The molecule has 2 aromatic rings. The van der Waals surface area contributed by atoms with Crippen molar-refractivity contribution < 1.29 is 9.53 Å². The van der Waals surface area contributed by atoms with Crippen molar-refractivity contribution >= 4 is 29.7 Å². The Morgan fingerprint density at radius 2 is 1.95 bits per heavy atom. The third-order valence-corrected chi connectivity index (χ3v) is 4.24. The molecule has 0 fully saturated rings. The number of halogens is 1. The Hall–Kier alpha value is -1.56. The second-order valence-corrected chi connectivity index (χ2v) is 5.64. The van der Waals surface area contributed by atoms with Crippen molar-refractivity contribution in [2.75, 3.05) is 27.2 Å². The highest BCUT2D eigenvalue weighted by molar-refractivity contribution is 7.17. The standard InChI is InChI=1S/C16H20N2O2S.ClH/c1-17-9-6-10-18-16(19)15-13(20-2)11-14(21-15)12-7-4-3-5-8-12;/h3-5,7-8,11,17H,6,9-10H2,1-2H3,(H,18,19);1H. The van der Waals surface area contributed by atoms with Gasteiger partial charge in [-0.1, -0.05) is 30.3 Å². The van der Waals surface area contributed by atoms with Crippen LogP contribution in [0.3, 0.4) is 0 Å². The summed E-state index contributed by atoms with van der Waals surface area (Å²) in [5.41, 5.74) is 1.09. The van der Waals surface area contributed by atoms with Crippen molar-refractivity contribution in [1.82, 2.24) is 10.6 Å². The molecule has 1 aromatic carbocycles. The molecule has 0 radical (unpaired) electrons. The number of hydrogen-bond acceptors (Lipinski definition) is 4. The number of benzene rings is 1. The van der Waals surface area contributed by atoms with Gasteiger partial charge in [-0.3, -0.25) is 4.79 Å². The molecule has 1 heterocycles. The highest BCUT2D eigenvalue weighted by Crippen LogP contribution is 2.35. The first-order valence-electron chi connectivity index (χ1n) is 6.92. The Bertz CT molecular complexity index is 587. The summed E-state index contributed by atoms with van der Waals surface area (Å²) in [7, 11) is 3.49. The summed E-state index contributed by atoms with van der Waals surface area (Å²) >= 11 is 1.46.